The summed E-state index contributed by atoms with van der Waals surface area (Å²) >= 11 is 0. The van der Waals surface area contributed by atoms with E-state index in [0.717, 1.165) is 27.8 Å². The average Bonchev–Trinajstić information content (AvgIpc) is 2.83. The van der Waals surface area contributed by atoms with Crippen LogP contribution in [0.15, 0.2) is 72.8 Å². The monoisotopic (exact) mass is 444 g/mol. The third-order valence-corrected chi connectivity index (χ3v) is 5.85. The van der Waals surface area contributed by atoms with Crippen LogP contribution in [-0.4, -0.2) is 36.9 Å². The van der Waals surface area contributed by atoms with E-state index in [9.17, 15) is 9.59 Å². The molecule has 0 aliphatic rings. The van der Waals surface area contributed by atoms with Crippen LogP contribution >= 0.6 is 0 Å². The molecule has 0 saturated heterocycles. The number of nitrogens with zero attached hydrogens (tertiary/aromatic N) is 1. The first kappa shape index (κ1) is 24.1. The molecular formula is C28H32N2O3. The molecule has 0 heterocycles. The van der Waals surface area contributed by atoms with Crippen LogP contribution in [0.4, 0.5) is 0 Å². The summed E-state index contributed by atoms with van der Waals surface area (Å²) in [5, 5.41) is 2.76. The molecule has 0 aliphatic heterocycles. The van der Waals surface area contributed by atoms with Gasteiger partial charge in [0.25, 0.3) is 0 Å². The van der Waals surface area contributed by atoms with Crippen LogP contribution in [0.2, 0.25) is 0 Å². The predicted octanol–water partition coefficient (Wildman–Crippen LogP) is 4.24. The highest BCUT2D eigenvalue weighted by Gasteiger charge is 2.30. The Bertz CT molecular complexity index is 1100. The number of hydrogen-bond donors (Lipinski definition) is 1. The standard InChI is InChI=1S/C28H32N2O3/c1-20-13-14-21(2)24(15-20)18-27(31)30(19-23-11-8-12-25(16-23)33-4)26(28(32)29-3)17-22-9-6-5-7-10-22/h5-16,26H,17-19H2,1-4H3,(H,29,32)/t26-/m1/s1. The van der Waals surface area contributed by atoms with E-state index in [0.29, 0.717) is 18.7 Å². The number of ether oxygens (including phenoxy) is 1. The summed E-state index contributed by atoms with van der Waals surface area (Å²) in [6.45, 7) is 4.34. The predicted molar refractivity (Wildman–Crippen MR) is 131 cm³/mol. The van der Waals surface area contributed by atoms with E-state index < -0.39 is 6.04 Å². The number of carbonyl (C=O) groups is 2. The van der Waals surface area contributed by atoms with Gasteiger partial charge >= 0.3 is 0 Å². The normalized spacial score (nSPS) is 11.5. The molecule has 1 N–H and O–H groups in total. The second-order valence-corrected chi connectivity index (χ2v) is 8.30. The molecule has 0 radical (unpaired) electrons. The second kappa shape index (κ2) is 11.3. The molecule has 0 saturated carbocycles. The summed E-state index contributed by atoms with van der Waals surface area (Å²) < 4.78 is 5.36. The molecule has 33 heavy (non-hydrogen) atoms. The number of aryl methyl sites for hydroxylation is 2. The molecule has 5 heteroatoms. The van der Waals surface area contributed by atoms with Crippen molar-refractivity contribution in [3.63, 3.8) is 0 Å². The number of amides is 2. The molecule has 0 bridgehead atoms. The Kier molecular flexibility index (Phi) is 8.25. The van der Waals surface area contributed by atoms with Crippen LogP contribution in [-0.2, 0) is 29.0 Å². The maximum absolute atomic E-state index is 13.7. The summed E-state index contributed by atoms with van der Waals surface area (Å²) in [5.41, 5.74) is 5.06. The lowest BCUT2D eigenvalue weighted by atomic mass is 9.99. The highest BCUT2D eigenvalue weighted by atomic mass is 16.5. The Labute approximate surface area is 196 Å². The number of methoxy groups -OCH3 is 1. The molecule has 0 aliphatic carbocycles. The second-order valence-electron chi connectivity index (χ2n) is 8.30. The molecule has 172 valence electrons. The first-order valence-electron chi connectivity index (χ1n) is 11.1. The fraction of sp³-hybridized carbons (Fsp3) is 0.286. The average molecular weight is 445 g/mol. The SMILES string of the molecule is CNC(=O)[C@@H](Cc1ccccc1)N(Cc1cccc(OC)c1)C(=O)Cc1cc(C)ccc1C. The van der Waals surface area contributed by atoms with Crippen LogP contribution in [0.25, 0.3) is 0 Å². The van der Waals surface area contributed by atoms with Gasteiger partial charge in [-0.05, 0) is 48.2 Å². The van der Waals surface area contributed by atoms with Crippen LogP contribution in [0, 0.1) is 13.8 Å². The van der Waals surface area contributed by atoms with Gasteiger partial charge in [-0.15, -0.1) is 0 Å². The van der Waals surface area contributed by atoms with E-state index in [1.807, 2.05) is 86.6 Å². The molecule has 3 rings (SSSR count). The van der Waals surface area contributed by atoms with Gasteiger partial charge in [0, 0.05) is 20.0 Å². The lowest BCUT2D eigenvalue weighted by molar-refractivity contribution is -0.140. The Hall–Kier alpha value is -3.60. The smallest absolute Gasteiger partial charge is 0.242 e. The molecule has 0 fully saturated rings. The molecular weight excluding hydrogens is 412 g/mol. The first-order valence-corrected chi connectivity index (χ1v) is 11.1. The number of hydrogen-bond acceptors (Lipinski definition) is 3. The van der Waals surface area contributed by atoms with Crippen molar-refractivity contribution in [3.05, 3.63) is 101 Å². The van der Waals surface area contributed by atoms with E-state index >= 15 is 0 Å². The zero-order valence-corrected chi connectivity index (χ0v) is 19.8. The van der Waals surface area contributed by atoms with Crippen molar-refractivity contribution in [3.8, 4) is 5.75 Å². The van der Waals surface area contributed by atoms with Gasteiger partial charge in [0.2, 0.25) is 11.8 Å². The van der Waals surface area contributed by atoms with Crippen molar-refractivity contribution in [1.82, 2.24) is 10.2 Å². The quantitative estimate of drug-likeness (QED) is 0.537. The molecule has 3 aromatic carbocycles. The zero-order valence-electron chi connectivity index (χ0n) is 19.8. The summed E-state index contributed by atoms with van der Waals surface area (Å²) in [4.78, 5) is 28.4. The van der Waals surface area contributed by atoms with Gasteiger partial charge in [-0.1, -0.05) is 66.2 Å². The fourth-order valence-electron chi connectivity index (χ4n) is 3.94. The summed E-state index contributed by atoms with van der Waals surface area (Å²) in [7, 11) is 3.23. The third kappa shape index (κ3) is 6.45. The van der Waals surface area contributed by atoms with Gasteiger partial charge in [-0.2, -0.15) is 0 Å². The van der Waals surface area contributed by atoms with Crippen molar-refractivity contribution in [1.29, 1.82) is 0 Å². The minimum Gasteiger partial charge on any atom is -0.497 e. The number of nitrogens with one attached hydrogen (secondary N) is 1. The number of rotatable bonds is 9. The first-order chi connectivity index (χ1) is 15.9. The minimum absolute atomic E-state index is 0.0870. The Balaban J connectivity index is 1.98. The van der Waals surface area contributed by atoms with Crippen molar-refractivity contribution in [2.75, 3.05) is 14.2 Å². The van der Waals surface area contributed by atoms with Gasteiger partial charge in [0.05, 0.1) is 13.5 Å². The van der Waals surface area contributed by atoms with Crippen LogP contribution < -0.4 is 10.1 Å². The fourth-order valence-corrected chi connectivity index (χ4v) is 3.94. The van der Waals surface area contributed by atoms with Crippen molar-refractivity contribution >= 4 is 11.8 Å². The third-order valence-electron chi connectivity index (χ3n) is 5.85. The molecule has 5 nitrogen and oxygen atoms in total. The molecule has 3 aromatic rings. The van der Waals surface area contributed by atoms with Gasteiger partial charge in [-0.3, -0.25) is 9.59 Å². The topological polar surface area (TPSA) is 58.6 Å². The zero-order chi connectivity index (χ0) is 23.8. The number of carbonyl (C=O) groups excluding carboxylic acids is 2. The molecule has 0 unspecified atom stereocenters. The van der Waals surface area contributed by atoms with Crippen LogP contribution in [0.1, 0.15) is 27.8 Å². The van der Waals surface area contributed by atoms with Crippen LogP contribution in [0.5, 0.6) is 5.75 Å². The van der Waals surface area contributed by atoms with Gasteiger partial charge in [-0.25, -0.2) is 0 Å². The van der Waals surface area contributed by atoms with Gasteiger partial charge < -0.3 is 15.0 Å². The number of likely N-dealkylation sites (N-methyl/N-ethyl adjacent to an activating group) is 1. The van der Waals surface area contributed by atoms with Crippen LogP contribution in [0.3, 0.4) is 0 Å². The van der Waals surface area contributed by atoms with E-state index in [1.165, 1.54) is 0 Å². The lowest BCUT2D eigenvalue weighted by Gasteiger charge is -2.31. The minimum atomic E-state index is -0.638. The van der Waals surface area contributed by atoms with Crippen molar-refractivity contribution in [2.45, 2.75) is 39.3 Å². The van der Waals surface area contributed by atoms with E-state index in [4.69, 9.17) is 4.74 Å². The number of benzene rings is 3. The summed E-state index contributed by atoms with van der Waals surface area (Å²) in [5.74, 6) is 0.445. The Morgan fingerprint density at radius 3 is 2.36 bits per heavy atom. The van der Waals surface area contributed by atoms with Gasteiger partial charge in [0.15, 0.2) is 0 Å². The maximum atomic E-state index is 13.7. The summed E-state index contributed by atoms with van der Waals surface area (Å²) in [6, 6.07) is 22.9. The van der Waals surface area contributed by atoms with E-state index in [2.05, 4.69) is 5.32 Å². The molecule has 2 amide bonds. The largest absolute Gasteiger partial charge is 0.497 e. The highest BCUT2D eigenvalue weighted by Crippen LogP contribution is 2.20. The molecule has 0 spiro atoms. The maximum Gasteiger partial charge on any atom is 0.242 e. The lowest BCUT2D eigenvalue weighted by Crippen LogP contribution is -2.50. The molecule has 1 atom stereocenters. The van der Waals surface area contributed by atoms with Gasteiger partial charge in [0.1, 0.15) is 11.8 Å². The van der Waals surface area contributed by atoms with E-state index in [1.54, 1.807) is 19.1 Å². The Morgan fingerprint density at radius 2 is 1.67 bits per heavy atom. The summed E-state index contributed by atoms with van der Waals surface area (Å²) in [6.07, 6.45) is 0.669. The highest BCUT2D eigenvalue weighted by molar-refractivity contribution is 5.88. The molecule has 0 aromatic heterocycles. The van der Waals surface area contributed by atoms with Crippen molar-refractivity contribution in [2.24, 2.45) is 0 Å². The van der Waals surface area contributed by atoms with E-state index in [-0.39, 0.29) is 18.2 Å². The Morgan fingerprint density at radius 1 is 0.939 bits per heavy atom. The van der Waals surface area contributed by atoms with Crippen molar-refractivity contribution < 1.29 is 14.3 Å².